The number of aromatic nitrogens is 4. The van der Waals surface area contributed by atoms with Crippen molar-refractivity contribution in [2.75, 3.05) is 5.32 Å². The summed E-state index contributed by atoms with van der Waals surface area (Å²) in [5.41, 5.74) is 3.75. The largest absolute Gasteiger partial charge is 0.321 e. The molecule has 0 atom stereocenters. The zero-order valence-corrected chi connectivity index (χ0v) is 17.6. The van der Waals surface area contributed by atoms with Crippen molar-refractivity contribution in [3.63, 3.8) is 0 Å². The zero-order chi connectivity index (χ0) is 21.4. The fourth-order valence-electron chi connectivity index (χ4n) is 3.49. The molecule has 152 valence electrons. The molecule has 30 heavy (non-hydrogen) atoms. The van der Waals surface area contributed by atoms with Crippen molar-refractivity contribution in [3.05, 3.63) is 86.6 Å². The summed E-state index contributed by atoms with van der Waals surface area (Å²) in [5.74, 6) is -0.287. The van der Waals surface area contributed by atoms with Crippen LogP contribution in [0.2, 0.25) is 5.02 Å². The lowest BCUT2D eigenvalue weighted by molar-refractivity contribution is 0.102. The third-order valence-electron chi connectivity index (χ3n) is 4.88. The molecule has 0 saturated heterocycles. The summed E-state index contributed by atoms with van der Waals surface area (Å²) < 4.78 is 3.18. The predicted molar refractivity (Wildman–Crippen MR) is 117 cm³/mol. The molecule has 0 unspecified atom stereocenters. The molecular formula is C22H20ClN5O2. The highest BCUT2D eigenvalue weighted by molar-refractivity contribution is 6.31. The molecule has 0 spiro atoms. The van der Waals surface area contributed by atoms with Crippen molar-refractivity contribution in [1.82, 2.24) is 19.3 Å². The maximum absolute atomic E-state index is 13.1. The van der Waals surface area contributed by atoms with Crippen LogP contribution < -0.4 is 10.9 Å². The van der Waals surface area contributed by atoms with Gasteiger partial charge in [-0.15, -0.1) is 0 Å². The number of rotatable bonds is 4. The summed E-state index contributed by atoms with van der Waals surface area (Å²) in [5, 5.41) is 8.56. The molecule has 3 heterocycles. The van der Waals surface area contributed by atoms with E-state index in [2.05, 4.69) is 15.4 Å². The van der Waals surface area contributed by atoms with Gasteiger partial charge in [-0.1, -0.05) is 29.8 Å². The number of amides is 1. The highest BCUT2D eigenvalue weighted by atomic mass is 35.5. The van der Waals surface area contributed by atoms with Gasteiger partial charge in [0.15, 0.2) is 5.65 Å². The van der Waals surface area contributed by atoms with Crippen LogP contribution in [0.15, 0.2) is 53.5 Å². The molecule has 1 aromatic carbocycles. The van der Waals surface area contributed by atoms with Crippen molar-refractivity contribution >= 4 is 34.2 Å². The van der Waals surface area contributed by atoms with E-state index in [4.69, 9.17) is 11.6 Å². The normalized spacial score (nSPS) is 11.1. The van der Waals surface area contributed by atoms with Crippen LogP contribution in [-0.2, 0) is 13.6 Å². The van der Waals surface area contributed by atoms with Crippen LogP contribution in [0.3, 0.4) is 0 Å². The number of nitrogens with zero attached hydrogens (tertiary/aromatic N) is 4. The number of nitrogens with one attached hydrogen (secondary N) is 1. The Hall–Kier alpha value is -3.45. The fraction of sp³-hybridized carbons (Fsp3) is 0.182. The van der Waals surface area contributed by atoms with Gasteiger partial charge in [-0.2, -0.15) is 5.10 Å². The van der Waals surface area contributed by atoms with Crippen molar-refractivity contribution in [2.45, 2.75) is 20.4 Å². The molecule has 1 N–H and O–H groups in total. The molecule has 0 aliphatic heterocycles. The Bertz CT molecular complexity index is 1340. The molecule has 0 radical (unpaired) electrons. The van der Waals surface area contributed by atoms with E-state index in [0.29, 0.717) is 33.9 Å². The van der Waals surface area contributed by atoms with Gasteiger partial charge in [0, 0.05) is 30.0 Å². The Morgan fingerprint density at radius 2 is 1.93 bits per heavy atom. The molecule has 0 aliphatic carbocycles. The molecule has 0 aliphatic rings. The van der Waals surface area contributed by atoms with Crippen LogP contribution in [0.4, 0.5) is 5.69 Å². The molecule has 4 rings (SSSR count). The molecule has 0 fully saturated rings. The quantitative estimate of drug-likeness (QED) is 0.544. The van der Waals surface area contributed by atoms with Crippen LogP contribution in [-0.4, -0.2) is 25.2 Å². The Labute approximate surface area is 177 Å². The molecular weight excluding hydrogens is 402 g/mol. The SMILES string of the molecule is Cc1cc(C(=O)Nc2ccc(=O)n(Cc3ccccc3Cl)c2)c2c(C)nn(C)c2n1. The van der Waals surface area contributed by atoms with E-state index in [9.17, 15) is 9.59 Å². The van der Waals surface area contributed by atoms with Gasteiger partial charge in [0.2, 0.25) is 0 Å². The van der Waals surface area contributed by atoms with Crippen molar-refractivity contribution in [3.8, 4) is 0 Å². The van der Waals surface area contributed by atoms with Crippen LogP contribution in [0, 0.1) is 13.8 Å². The van der Waals surface area contributed by atoms with Gasteiger partial charge in [-0.3, -0.25) is 14.3 Å². The van der Waals surface area contributed by atoms with E-state index < -0.39 is 0 Å². The van der Waals surface area contributed by atoms with E-state index in [-0.39, 0.29) is 11.5 Å². The number of halogens is 1. The molecule has 3 aromatic heterocycles. The van der Waals surface area contributed by atoms with Crippen molar-refractivity contribution in [1.29, 1.82) is 0 Å². The molecule has 7 nitrogen and oxygen atoms in total. The number of anilines is 1. The molecule has 1 amide bonds. The van der Waals surface area contributed by atoms with E-state index >= 15 is 0 Å². The van der Waals surface area contributed by atoms with E-state index in [1.54, 1.807) is 36.1 Å². The second kappa shape index (κ2) is 7.76. The van der Waals surface area contributed by atoms with Gasteiger partial charge in [0.1, 0.15) is 0 Å². The maximum Gasteiger partial charge on any atom is 0.256 e. The first kappa shape index (κ1) is 19.8. The lowest BCUT2D eigenvalue weighted by atomic mass is 10.1. The van der Waals surface area contributed by atoms with Crippen LogP contribution in [0.5, 0.6) is 0 Å². The summed E-state index contributed by atoms with van der Waals surface area (Å²) in [6, 6.07) is 12.1. The number of pyridine rings is 2. The van der Waals surface area contributed by atoms with E-state index in [1.165, 1.54) is 10.6 Å². The summed E-state index contributed by atoms with van der Waals surface area (Å²) >= 11 is 6.22. The minimum atomic E-state index is -0.287. The third kappa shape index (κ3) is 3.71. The number of fused-ring (bicyclic) bond motifs is 1. The van der Waals surface area contributed by atoms with Gasteiger partial charge in [-0.05, 0) is 37.6 Å². The number of hydrogen-bond donors (Lipinski definition) is 1. The van der Waals surface area contributed by atoms with Gasteiger partial charge < -0.3 is 9.88 Å². The lowest BCUT2D eigenvalue weighted by Crippen LogP contribution is -2.21. The summed E-state index contributed by atoms with van der Waals surface area (Å²) in [6.45, 7) is 3.99. The Kier molecular flexibility index (Phi) is 5.13. The third-order valence-corrected chi connectivity index (χ3v) is 5.25. The molecule has 0 saturated carbocycles. The number of aryl methyl sites for hydroxylation is 3. The smallest absolute Gasteiger partial charge is 0.256 e. The maximum atomic E-state index is 13.1. The highest BCUT2D eigenvalue weighted by Crippen LogP contribution is 2.23. The van der Waals surface area contributed by atoms with Crippen LogP contribution in [0.1, 0.15) is 27.3 Å². The van der Waals surface area contributed by atoms with E-state index in [1.807, 2.05) is 32.0 Å². The molecule has 0 bridgehead atoms. The van der Waals surface area contributed by atoms with Crippen molar-refractivity contribution in [2.24, 2.45) is 7.05 Å². The van der Waals surface area contributed by atoms with Crippen molar-refractivity contribution < 1.29 is 4.79 Å². The van der Waals surface area contributed by atoms with Crippen LogP contribution in [0.25, 0.3) is 11.0 Å². The second-order valence-corrected chi connectivity index (χ2v) is 7.56. The van der Waals surface area contributed by atoms with Gasteiger partial charge in [0.05, 0.1) is 28.9 Å². The average Bonchev–Trinajstić information content (AvgIpc) is 2.99. The fourth-order valence-corrected chi connectivity index (χ4v) is 3.68. The Morgan fingerprint density at radius 1 is 1.17 bits per heavy atom. The van der Waals surface area contributed by atoms with Gasteiger partial charge >= 0.3 is 0 Å². The highest BCUT2D eigenvalue weighted by Gasteiger charge is 2.18. The second-order valence-electron chi connectivity index (χ2n) is 7.15. The number of carbonyl (C=O) groups excluding carboxylic acids is 1. The van der Waals surface area contributed by atoms with E-state index in [0.717, 1.165) is 17.0 Å². The summed E-state index contributed by atoms with van der Waals surface area (Å²) in [6.07, 6.45) is 1.62. The monoisotopic (exact) mass is 421 g/mol. The zero-order valence-electron chi connectivity index (χ0n) is 16.8. The first-order valence-corrected chi connectivity index (χ1v) is 9.77. The van der Waals surface area contributed by atoms with Gasteiger partial charge in [0.25, 0.3) is 11.5 Å². The number of hydrogen-bond acceptors (Lipinski definition) is 4. The Balaban J connectivity index is 1.67. The average molecular weight is 422 g/mol. The lowest BCUT2D eigenvalue weighted by Gasteiger charge is -2.11. The minimum absolute atomic E-state index is 0.182. The topological polar surface area (TPSA) is 81.8 Å². The van der Waals surface area contributed by atoms with Crippen LogP contribution >= 0.6 is 11.6 Å². The standard InChI is InChI=1S/C22H20ClN5O2/c1-13-10-17(20-14(2)26-27(3)21(20)24-13)22(30)25-16-8-9-19(29)28(12-16)11-15-6-4-5-7-18(15)23/h4-10,12H,11H2,1-3H3,(H,25,30). The predicted octanol–water partition coefficient (Wildman–Crippen LogP) is 3.70. The number of carbonyl (C=O) groups is 1. The summed E-state index contributed by atoms with van der Waals surface area (Å²) in [4.78, 5) is 29.9. The molecule has 4 aromatic rings. The first-order valence-electron chi connectivity index (χ1n) is 9.39. The number of benzene rings is 1. The molecule has 8 heteroatoms. The summed E-state index contributed by atoms with van der Waals surface area (Å²) in [7, 11) is 1.80. The minimum Gasteiger partial charge on any atom is -0.321 e. The first-order chi connectivity index (χ1) is 14.3. The Morgan fingerprint density at radius 3 is 2.70 bits per heavy atom. The van der Waals surface area contributed by atoms with Gasteiger partial charge in [-0.25, -0.2) is 4.98 Å².